The van der Waals surface area contributed by atoms with E-state index >= 15 is 0 Å². The fraction of sp³-hybridized carbons (Fsp3) is 0.474. The summed E-state index contributed by atoms with van der Waals surface area (Å²) in [5.41, 5.74) is 1.05. The van der Waals surface area contributed by atoms with Gasteiger partial charge >= 0.3 is 12.0 Å². The first-order valence-electron chi connectivity index (χ1n) is 9.55. The number of carbonyl (C=O) groups is 2. The zero-order chi connectivity index (χ0) is 19.1. The number of nitrogens with one attached hydrogen (secondary N) is 1. The van der Waals surface area contributed by atoms with Crippen molar-refractivity contribution in [1.29, 1.82) is 0 Å². The molecule has 2 aromatic heterocycles. The summed E-state index contributed by atoms with van der Waals surface area (Å²) < 4.78 is 10.7. The van der Waals surface area contributed by atoms with Crippen molar-refractivity contribution in [1.82, 2.24) is 20.4 Å². The molecule has 3 aliphatic rings. The minimum Gasteiger partial charge on any atom is -0.456 e. The average Bonchev–Trinajstić information content (AvgIpc) is 3.46. The number of thiophene rings is 1. The van der Waals surface area contributed by atoms with E-state index in [0.717, 1.165) is 23.5 Å². The van der Waals surface area contributed by atoms with Crippen molar-refractivity contribution < 1.29 is 18.8 Å². The first-order chi connectivity index (χ1) is 13.7. The van der Waals surface area contributed by atoms with Crippen molar-refractivity contribution in [2.24, 2.45) is 0 Å². The Kier molecular flexibility index (Phi) is 4.38. The van der Waals surface area contributed by atoms with Crippen LogP contribution in [0.4, 0.5) is 4.79 Å². The summed E-state index contributed by atoms with van der Waals surface area (Å²) in [5, 5.41) is 8.96. The maximum atomic E-state index is 12.8. The summed E-state index contributed by atoms with van der Waals surface area (Å²) >= 11 is 1.49. The fourth-order valence-electron chi connectivity index (χ4n) is 4.14. The Hall–Kier alpha value is -2.68. The van der Waals surface area contributed by atoms with Crippen molar-refractivity contribution in [2.45, 2.75) is 50.6 Å². The third kappa shape index (κ3) is 2.99. The van der Waals surface area contributed by atoms with Crippen molar-refractivity contribution in [3.05, 3.63) is 45.4 Å². The second-order valence-corrected chi connectivity index (χ2v) is 8.28. The molecule has 9 heteroatoms. The lowest BCUT2D eigenvalue weighted by Gasteiger charge is -2.31. The predicted octanol–water partition coefficient (Wildman–Crippen LogP) is 3.26. The van der Waals surface area contributed by atoms with Gasteiger partial charge in [0.05, 0.1) is 17.3 Å². The Morgan fingerprint density at radius 2 is 2.11 bits per heavy atom. The molecule has 0 spiro atoms. The van der Waals surface area contributed by atoms with Gasteiger partial charge in [-0.25, -0.2) is 9.59 Å². The molecule has 1 N–H and O–H groups in total. The molecule has 0 unspecified atom stereocenters. The number of rotatable bonds is 4. The second-order valence-electron chi connectivity index (χ2n) is 7.30. The lowest BCUT2D eigenvalue weighted by atomic mass is 9.89. The van der Waals surface area contributed by atoms with Gasteiger partial charge in [-0.3, -0.25) is 4.90 Å². The smallest absolute Gasteiger partial charge is 0.338 e. The monoisotopic (exact) mass is 400 g/mol. The molecule has 28 heavy (non-hydrogen) atoms. The molecule has 146 valence electrons. The predicted molar refractivity (Wildman–Crippen MR) is 99.2 cm³/mol. The van der Waals surface area contributed by atoms with Gasteiger partial charge in [-0.05, 0) is 24.3 Å². The number of hydrogen-bond acceptors (Lipinski definition) is 7. The molecular weight excluding hydrogens is 380 g/mol. The van der Waals surface area contributed by atoms with E-state index in [-0.39, 0.29) is 19.2 Å². The standard InChI is InChI=1S/C19H20N4O4S/c24-18-15-12(10-26-18)23(19(25)21-16(15)13-7-4-8-28-13)9-14-20-17(22-27-14)11-5-2-1-3-6-11/h4,7-8,11,16H,1-3,5-6,9-10H2,(H,21,25)/t16-/m0/s1. The van der Waals surface area contributed by atoms with Gasteiger partial charge < -0.3 is 14.6 Å². The minimum absolute atomic E-state index is 0.0765. The SMILES string of the molecule is O=C1OCC2=C1[C@H](c1cccs1)NC(=O)N2Cc1nc(C2CCCCC2)no1. The number of carbonyl (C=O) groups excluding carboxylic acids is 2. The van der Waals surface area contributed by atoms with Gasteiger partial charge in [-0.15, -0.1) is 11.3 Å². The number of esters is 1. The molecule has 8 nitrogen and oxygen atoms in total. The Morgan fingerprint density at radius 1 is 1.25 bits per heavy atom. The summed E-state index contributed by atoms with van der Waals surface area (Å²) in [6.07, 6.45) is 5.77. The zero-order valence-electron chi connectivity index (χ0n) is 15.2. The maximum absolute atomic E-state index is 12.8. The normalized spacial score (nSPS) is 23.0. The number of hydrogen-bond donors (Lipinski definition) is 1. The summed E-state index contributed by atoms with van der Waals surface area (Å²) in [7, 11) is 0. The summed E-state index contributed by atoms with van der Waals surface area (Å²) in [5.74, 6) is 1.02. The lowest BCUT2D eigenvalue weighted by Crippen LogP contribution is -2.46. The molecule has 1 atom stereocenters. The van der Waals surface area contributed by atoms with Crippen LogP contribution in [-0.4, -0.2) is 33.6 Å². The minimum atomic E-state index is -0.478. The van der Waals surface area contributed by atoms with E-state index in [4.69, 9.17) is 9.26 Å². The van der Waals surface area contributed by atoms with Crippen LogP contribution in [-0.2, 0) is 16.1 Å². The van der Waals surface area contributed by atoms with E-state index in [0.29, 0.717) is 23.1 Å². The fourth-order valence-corrected chi connectivity index (χ4v) is 4.93. The number of nitrogens with zero attached hydrogens (tertiary/aromatic N) is 3. The first kappa shape index (κ1) is 17.4. The molecule has 1 saturated carbocycles. The Balaban J connectivity index is 1.41. The second kappa shape index (κ2) is 7.05. The summed E-state index contributed by atoms with van der Waals surface area (Å²) in [6.45, 7) is 0.200. The molecule has 0 saturated heterocycles. The van der Waals surface area contributed by atoms with Crippen LogP contribution in [0.3, 0.4) is 0 Å². The van der Waals surface area contributed by atoms with E-state index in [9.17, 15) is 9.59 Å². The number of aromatic nitrogens is 2. The molecular formula is C19H20N4O4S. The first-order valence-corrected chi connectivity index (χ1v) is 10.4. The van der Waals surface area contributed by atoms with Gasteiger partial charge in [-0.1, -0.05) is 30.5 Å². The van der Waals surface area contributed by atoms with Crippen molar-refractivity contribution in [2.75, 3.05) is 6.61 Å². The number of cyclic esters (lactones) is 1. The van der Waals surface area contributed by atoms with E-state index in [1.54, 1.807) is 0 Å². The van der Waals surface area contributed by atoms with Crippen LogP contribution in [0.2, 0.25) is 0 Å². The third-order valence-corrected chi connectivity index (χ3v) is 6.51. The van der Waals surface area contributed by atoms with Crippen LogP contribution in [0.5, 0.6) is 0 Å². The molecule has 2 aliphatic heterocycles. The van der Waals surface area contributed by atoms with Crippen molar-refractivity contribution >= 4 is 23.3 Å². The van der Waals surface area contributed by atoms with Crippen molar-refractivity contribution in [3.8, 4) is 0 Å². The molecule has 0 radical (unpaired) electrons. The molecule has 0 bridgehead atoms. The number of urea groups is 1. The molecule has 2 amide bonds. The van der Waals surface area contributed by atoms with Gasteiger partial charge in [0, 0.05) is 10.8 Å². The highest BCUT2D eigenvalue weighted by molar-refractivity contribution is 7.10. The van der Waals surface area contributed by atoms with Crippen LogP contribution in [0.1, 0.15) is 60.7 Å². The maximum Gasteiger partial charge on any atom is 0.338 e. The lowest BCUT2D eigenvalue weighted by molar-refractivity contribution is -0.136. The highest BCUT2D eigenvalue weighted by atomic mass is 32.1. The molecule has 2 aromatic rings. The average molecular weight is 400 g/mol. The highest BCUT2D eigenvalue weighted by Crippen LogP contribution is 2.37. The third-order valence-electron chi connectivity index (χ3n) is 5.57. The number of amides is 2. The summed E-state index contributed by atoms with van der Waals surface area (Å²) in [4.78, 5) is 32.0. The van der Waals surface area contributed by atoms with Crippen LogP contribution in [0.25, 0.3) is 0 Å². The van der Waals surface area contributed by atoms with Crippen LogP contribution in [0.15, 0.2) is 33.3 Å². The van der Waals surface area contributed by atoms with E-state index in [2.05, 4.69) is 15.5 Å². The van der Waals surface area contributed by atoms with E-state index in [1.165, 1.54) is 35.5 Å². The largest absolute Gasteiger partial charge is 0.456 e. The Morgan fingerprint density at radius 3 is 2.89 bits per heavy atom. The molecule has 4 heterocycles. The molecule has 1 fully saturated rings. The highest BCUT2D eigenvalue weighted by Gasteiger charge is 2.43. The van der Waals surface area contributed by atoms with Crippen molar-refractivity contribution in [3.63, 3.8) is 0 Å². The molecule has 0 aromatic carbocycles. The zero-order valence-corrected chi connectivity index (χ0v) is 16.0. The van der Waals surface area contributed by atoms with Gasteiger partial charge in [0.15, 0.2) is 5.82 Å². The Bertz CT molecular complexity index is 930. The molecule has 5 rings (SSSR count). The summed E-state index contributed by atoms with van der Waals surface area (Å²) in [6, 6.07) is 3.02. The number of ether oxygens (including phenoxy) is 1. The Labute approximate surface area is 165 Å². The van der Waals surface area contributed by atoms with Gasteiger partial charge in [0.1, 0.15) is 13.2 Å². The van der Waals surface area contributed by atoms with Gasteiger partial charge in [0.25, 0.3) is 0 Å². The molecule has 1 aliphatic carbocycles. The van der Waals surface area contributed by atoms with Gasteiger partial charge in [-0.2, -0.15) is 4.98 Å². The van der Waals surface area contributed by atoms with Crippen LogP contribution in [0, 0.1) is 0 Å². The topological polar surface area (TPSA) is 97.6 Å². The quantitative estimate of drug-likeness (QED) is 0.791. The van der Waals surface area contributed by atoms with Crippen LogP contribution >= 0.6 is 11.3 Å². The van der Waals surface area contributed by atoms with Crippen LogP contribution < -0.4 is 5.32 Å². The van der Waals surface area contributed by atoms with E-state index < -0.39 is 12.0 Å². The van der Waals surface area contributed by atoms with E-state index in [1.807, 2.05) is 17.5 Å². The van der Waals surface area contributed by atoms with Gasteiger partial charge in [0.2, 0.25) is 5.89 Å².